The van der Waals surface area contributed by atoms with E-state index in [1.807, 2.05) is 0 Å². The molecule has 11 heteroatoms. The van der Waals surface area contributed by atoms with Crippen molar-refractivity contribution in [1.82, 2.24) is 5.32 Å². The smallest absolute Gasteiger partial charge is 0.460 e. The van der Waals surface area contributed by atoms with Crippen LogP contribution in [0.4, 0.5) is 10.5 Å². The lowest BCUT2D eigenvalue weighted by atomic mass is 10.2. The Hall–Kier alpha value is -3.50. The van der Waals surface area contributed by atoms with Gasteiger partial charge in [0.05, 0.1) is 24.5 Å². The molecule has 0 radical (unpaired) electrons. The second-order valence-corrected chi connectivity index (χ2v) is 7.46. The molecule has 0 saturated heterocycles. The summed E-state index contributed by atoms with van der Waals surface area (Å²) in [6.07, 6.45) is -0.877. The SMILES string of the molecule is CC(C)(C)OC(=O)CCC(=O)NCC(=O)CCCOC(=O)Oc1ccc([N+](=O)[O-])cc1. The number of nitro groups is 1. The first kappa shape index (κ1) is 25.5. The van der Waals surface area contributed by atoms with E-state index < -0.39 is 28.6 Å². The number of carbonyl (C=O) groups is 4. The summed E-state index contributed by atoms with van der Waals surface area (Å²) >= 11 is 0. The van der Waals surface area contributed by atoms with Crippen LogP contribution < -0.4 is 10.1 Å². The number of hydrogen-bond acceptors (Lipinski definition) is 9. The van der Waals surface area contributed by atoms with Crippen molar-refractivity contribution >= 4 is 29.5 Å². The second-order valence-electron chi connectivity index (χ2n) is 7.46. The van der Waals surface area contributed by atoms with Crippen molar-refractivity contribution in [2.75, 3.05) is 13.2 Å². The molecule has 0 saturated carbocycles. The fraction of sp³-hybridized carbons (Fsp3) is 0.500. The Kier molecular flexibility index (Phi) is 10.1. The highest BCUT2D eigenvalue weighted by Crippen LogP contribution is 2.17. The lowest BCUT2D eigenvalue weighted by Gasteiger charge is -2.19. The van der Waals surface area contributed by atoms with E-state index in [9.17, 15) is 29.3 Å². The quantitative estimate of drug-likeness (QED) is 0.181. The summed E-state index contributed by atoms with van der Waals surface area (Å²) in [4.78, 5) is 56.5. The summed E-state index contributed by atoms with van der Waals surface area (Å²) < 4.78 is 14.8. The van der Waals surface area contributed by atoms with Crippen LogP contribution in [-0.2, 0) is 23.9 Å². The average Bonchev–Trinajstić information content (AvgIpc) is 2.67. The number of nitrogens with zero attached hydrogens (tertiary/aromatic N) is 1. The standard InChI is InChI=1S/C20H26N2O9/c1-20(2,3)31-18(25)11-10-17(24)21-13-15(23)5-4-12-29-19(26)30-16-8-6-14(7-9-16)22(27)28/h6-9H,4-5,10-13H2,1-3H3,(H,21,24). The molecular weight excluding hydrogens is 412 g/mol. The number of hydrogen-bond donors (Lipinski definition) is 1. The Bertz CT molecular complexity index is 798. The third-order valence-corrected chi connectivity index (χ3v) is 3.53. The van der Waals surface area contributed by atoms with Gasteiger partial charge in [-0.2, -0.15) is 0 Å². The Morgan fingerprint density at radius 2 is 1.68 bits per heavy atom. The summed E-state index contributed by atoms with van der Waals surface area (Å²) in [5.74, 6) is -1.12. The number of nitrogens with one attached hydrogen (secondary N) is 1. The maximum atomic E-state index is 11.8. The van der Waals surface area contributed by atoms with Crippen LogP contribution in [-0.4, -0.2) is 47.5 Å². The largest absolute Gasteiger partial charge is 0.513 e. The van der Waals surface area contributed by atoms with Gasteiger partial charge < -0.3 is 19.5 Å². The predicted molar refractivity (Wildman–Crippen MR) is 107 cm³/mol. The van der Waals surface area contributed by atoms with Crippen LogP contribution in [0.5, 0.6) is 5.75 Å². The molecule has 170 valence electrons. The predicted octanol–water partition coefficient (Wildman–Crippen LogP) is 2.70. The van der Waals surface area contributed by atoms with Crippen molar-refractivity contribution in [2.24, 2.45) is 0 Å². The van der Waals surface area contributed by atoms with Crippen LogP contribution in [0.3, 0.4) is 0 Å². The first-order chi connectivity index (χ1) is 14.5. The topological polar surface area (TPSA) is 151 Å². The summed E-state index contributed by atoms with van der Waals surface area (Å²) in [6.45, 7) is 4.90. The molecule has 0 unspecified atom stereocenters. The zero-order valence-corrected chi connectivity index (χ0v) is 17.7. The Balaban J connectivity index is 2.15. The van der Waals surface area contributed by atoms with Gasteiger partial charge in [-0.05, 0) is 39.3 Å². The van der Waals surface area contributed by atoms with E-state index in [2.05, 4.69) is 5.32 Å². The van der Waals surface area contributed by atoms with Crippen LogP contribution in [0, 0.1) is 10.1 Å². The fourth-order valence-corrected chi connectivity index (χ4v) is 2.17. The summed E-state index contributed by atoms with van der Waals surface area (Å²) in [6, 6.07) is 4.88. The van der Waals surface area contributed by atoms with Crippen molar-refractivity contribution in [3.05, 3.63) is 34.4 Å². The summed E-state index contributed by atoms with van der Waals surface area (Å²) in [5.41, 5.74) is -0.768. The van der Waals surface area contributed by atoms with Gasteiger partial charge in [0.25, 0.3) is 5.69 Å². The van der Waals surface area contributed by atoms with Crippen LogP contribution in [0.1, 0.15) is 46.5 Å². The summed E-state index contributed by atoms with van der Waals surface area (Å²) in [7, 11) is 0. The highest BCUT2D eigenvalue weighted by atomic mass is 16.7. The average molecular weight is 438 g/mol. The lowest BCUT2D eigenvalue weighted by molar-refractivity contribution is -0.384. The van der Waals surface area contributed by atoms with Crippen molar-refractivity contribution in [2.45, 2.75) is 52.1 Å². The number of carbonyl (C=O) groups excluding carboxylic acids is 4. The number of nitro benzene ring substituents is 1. The van der Waals surface area contributed by atoms with Gasteiger partial charge in [-0.3, -0.25) is 24.5 Å². The third-order valence-electron chi connectivity index (χ3n) is 3.53. The van der Waals surface area contributed by atoms with E-state index in [0.717, 1.165) is 0 Å². The van der Waals surface area contributed by atoms with Crippen molar-refractivity contribution in [3.63, 3.8) is 0 Å². The molecule has 1 aromatic rings. The third kappa shape index (κ3) is 11.9. The number of rotatable bonds is 11. The molecule has 0 bridgehead atoms. The maximum Gasteiger partial charge on any atom is 0.513 e. The van der Waals surface area contributed by atoms with Crippen molar-refractivity contribution in [3.8, 4) is 5.75 Å². The minimum Gasteiger partial charge on any atom is -0.460 e. The molecule has 0 aromatic heterocycles. The van der Waals surface area contributed by atoms with Gasteiger partial charge >= 0.3 is 12.1 Å². The van der Waals surface area contributed by atoms with E-state index in [0.29, 0.717) is 0 Å². The van der Waals surface area contributed by atoms with Crippen LogP contribution in [0.25, 0.3) is 0 Å². The minimum absolute atomic E-state index is 0.0666. The Labute approximate surface area is 179 Å². The van der Waals surface area contributed by atoms with E-state index in [1.54, 1.807) is 20.8 Å². The molecule has 31 heavy (non-hydrogen) atoms. The molecule has 1 rings (SSSR count). The van der Waals surface area contributed by atoms with Gasteiger partial charge in [0.2, 0.25) is 5.91 Å². The Morgan fingerprint density at radius 3 is 2.26 bits per heavy atom. The number of esters is 1. The minimum atomic E-state index is -1.00. The number of amides is 1. The normalized spacial score (nSPS) is 10.7. The molecule has 1 amide bonds. The highest BCUT2D eigenvalue weighted by Gasteiger charge is 2.17. The lowest BCUT2D eigenvalue weighted by Crippen LogP contribution is -2.30. The maximum absolute atomic E-state index is 11.8. The van der Waals surface area contributed by atoms with Gasteiger partial charge in [-0.15, -0.1) is 0 Å². The molecule has 11 nitrogen and oxygen atoms in total. The van der Waals surface area contributed by atoms with Gasteiger partial charge in [-0.25, -0.2) is 4.79 Å². The molecule has 0 fully saturated rings. The van der Waals surface area contributed by atoms with Crippen LogP contribution >= 0.6 is 0 Å². The molecule has 0 spiro atoms. The molecule has 1 aromatic carbocycles. The van der Waals surface area contributed by atoms with Crippen LogP contribution in [0.2, 0.25) is 0 Å². The monoisotopic (exact) mass is 438 g/mol. The molecule has 1 N–H and O–H groups in total. The number of non-ortho nitro benzene ring substituents is 1. The van der Waals surface area contributed by atoms with Crippen molar-refractivity contribution in [1.29, 1.82) is 0 Å². The highest BCUT2D eigenvalue weighted by molar-refractivity contribution is 5.87. The molecule has 0 heterocycles. The van der Waals surface area contributed by atoms with Gasteiger partial charge in [0.15, 0.2) is 5.78 Å². The zero-order chi connectivity index (χ0) is 23.4. The molecule has 0 aliphatic heterocycles. The number of benzene rings is 1. The fourth-order valence-electron chi connectivity index (χ4n) is 2.17. The van der Waals surface area contributed by atoms with E-state index >= 15 is 0 Å². The molecule has 0 atom stereocenters. The van der Waals surface area contributed by atoms with Crippen LogP contribution in [0.15, 0.2) is 24.3 Å². The molecule has 0 aliphatic rings. The Morgan fingerprint density at radius 1 is 1.03 bits per heavy atom. The molecular formula is C20H26N2O9. The first-order valence-electron chi connectivity index (χ1n) is 9.55. The number of ether oxygens (including phenoxy) is 3. The number of Topliss-reactive ketones (excluding diaryl/α,β-unsaturated/α-hetero) is 1. The summed E-state index contributed by atoms with van der Waals surface area (Å²) in [5, 5.41) is 13.0. The van der Waals surface area contributed by atoms with E-state index in [1.165, 1.54) is 24.3 Å². The number of ketones is 1. The first-order valence-corrected chi connectivity index (χ1v) is 9.55. The second kappa shape index (κ2) is 12.3. The van der Waals surface area contributed by atoms with Crippen molar-refractivity contribution < 1.29 is 38.3 Å². The van der Waals surface area contributed by atoms with E-state index in [-0.39, 0.29) is 56.1 Å². The zero-order valence-electron chi connectivity index (χ0n) is 17.7. The molecule has 0 aliphatic carbocycles. The van der Waals surface area contributed by atoms with Gasteiger partial charge in [0.1, 0.15) is 11.4 Å². The van der Waals surface area contributed by atoms with Gasteiger partial charge in [0, 0.05) is 25.0 Å². The van der Waals surface area contributed by atoms with E-state index in [4.69, 9.17) is 14.2 Å². The van der Waals surface area contributed by atoms with Gasteiger partial charge in [-0.1, -0.05) is 0 Å².